The second kappa shape index (κ2) is 10.5. The molecule has 1 radical (unpaired) electrons. The zero-order chi connectivity index (χ0) is 14.0. The molecule has 7 heteroatoms. The van der Waals surface area contributed by atoms with Crippen LogP contribution in [0.4, 0.5) is 0 Å². The van der Waals surface area contributed by atoms with Crippen LogP contribution in [0.2, 0.25) is 5.02 Å². The molecular weight excluding hydrogens is 313 g/mol. The van der Waals surface area contributed by atoms with Crippen molar-refractivity contribution >= 4 is 50.9 Å². The van der Waals surface area contributed by atoms with E-state index >= 15 is 0 Å². The number of carbonyl (C=O) groups is 1. The van der Waals surface area contributed by atoms with E-state index in [4.69, 9.17) is 41.5 Å². The minimum Gasteiger partial charge on any atom is -0.481 e. The molecule has 0 unspecified atom stereocenters. The maximum absolute atomic E-state index is 11.5. The van der Waals surface area contributed by atoms with Gasteiger partial charge >= 0.3 is 13.4 Å². The summed E-state index contributed by atoms with van der Waals surface area (Å²) in [6.45, 7) is 2.03. The minimum atomic E-state index is -0.377. The molecule has 0 heterocycles. The van der Waals surface area contributed by atoms with Crippen LogP contribution in [0.3, 0.4) is 0 Å². The summed E-state index contributed by atoms with van der Waals surface area (Å²) < 4.78 is 4.73. The number of benzene rings is 1. The lowest BCUT2D eigenvalue weighted by atomic mass is 10.1. The summed E-state index contributed by atoms with van der Waals surface area (Å²) in [5.41, 5.74) is 0.450. The van der Waals surface area contributed by atoms with Gasteiger partial charge in [-0.1, -0.05) is 11.6 Å². The highest BCUT2D eigenvalue weighted by atomic mass is 35.7. The predicted molar refractivity (Wildman–Crippen MR) is 75.6 cm³/mol. The van der Waals surface area contributed by atoms with Crippen LogP contribution in [0.1, 0.15) is 17.3 Å². The van der Waals surface area contributed by atoms with Gasteiger partial charge in [0.15, 0.2) is 5.78 Å². The molecule has 97 valence electrons. The number of hydrogen-bond acceptors (Lipinski definition) is 3. The minimum absolute atomic E-state index is 0.306. The van der Waals surface area contributed by atoms with E-state index in [1.807, 2.05) is 0 Å². The van der Waals surface area contributed by atoms with Gasteiger partial charge in [0.05, 0.1) is 12.7 Å². The second-order valence-electron chi connectivity index (χ2n) is 2.87. The fourth-order valence-corrected chi connectivity index (χ4v) is 1.13. The van der Waals surface area contributed by atoms with Gasteiger partial charge in [0, 0.05) is 10.6 Å². The molecular formula is C11H11AlCl3O3. The zero-order valence-corrected chi connectivity index (χ0v) is 13.0. The molecule has 0 aliphatic carbocycles. The molecule has 0 aliphatic heterocycles. The van der Waals surface area contributed by atoms with E-state index in [1.165, 1.54) is 0 Å². The van der Waals surface area contributed by atoms with Gasteiger partial charge < -0.3 is 9.84 Å². The first-order valence-electron chi connectivity index (χ1n) is 4.90. The number of halogens is 3. The standard InChI is InChI=1S/C11H11ClO3.Al.2ClH/c1-2-15-11(14)7-10(13)8-3-5-9(12)6-4-8;;;/h3-7,14H,2H2,1H3;;2*1H/q;+2;;/p-2/b11-7+;;;. The zero-order valence-electron chi connectivity index (χ0n) is 9.57. The van der Waals surface area contributed by atoms with Crippen molar-refractivity contribution in [3.05, 3.63) is 46.9 Å². The van der Waals surface area contributed by atoms with Gasteiger partial charge in [0.2, 0.25) is 0 Å². The monoisotopic (exact) mass is 323 g/mol. The van der Waals surface area contributed by atoms with E-state index in [1.54, 1.807) is 31.2 Å². The molecule has 0 amide bonds. The molecule has 0 aliphatic rings. The molecule has 3 nitrogen and oxygen atoms in total. The Bertz CT molecular complexity index is 393. The lowest BCUT2D eigenvalue weighted by molar-refractivity contribution is 0.0920. The van der Waals surface area contributed by atoms with Crippen molar-refractivity contribution < 1.29 is 14.6 Å². The Morgan fingerprint density at radius 3 is 2.33 bits per heavy atom. The van der Waals surface area contributed by atoms with E-state index in [-0.39, 0.29) is 25.1 Å². The molecule has 1 rings (SSSR count). The van der Waals surface area contributed by atoms with E-state index in [9.17, 15) is 4.79 Å². The van der Waals surface area contributed by atoms with E-state index < -0.39 is 0 Å². The Kier molecular flexibility index (Phi) is 10.3. The number of aliphatic hydroxyl groups excluding tert-OH is 1. The number of ether oxygens (including phenoxy) is 1. The Balaban J connectivity index is 0.000000873. The topological polar surface area (TPSA) is 46.5 Å². The largest absolute Gasteiger partial charge is 0.495 e. The average molecular weight is 325 g/mol. The van der Waals surface area contributed by atoms with Gasteiger partial charge in [-0.2, -0.15) is 0 Å². The number of hydrogen-bond donors (Lipinski definition) is 1. The third-order valence-electron chi connectivity index (χ3n) is 1.68. The summed E-state index contributed by atoms with van der Waals surface area (Å²) >= 11 is 5.37. The molecule has 1 aromatic rings. The first kappa shape index (κ1) is 17.6. The fourth-order valence-electron chi connectivity index (χ4n) is 0.999. The number of carbonyl (C=O) groups excluding carboxylic acids is 1. The fraction of sp³-hybridized carbons (Fsp3) is 0.182. The van der Waals surface area contributed by atoms with Gasteiger partial charge in [-0.25, -0.2) is 20.1 Å². The van der Waals surface area contributed by atoms with Crippen LogP contribution in [0.15, 0.2) is 36.3 Å². The Morgan fingerprint density at radius 2 is 1.89 bits per heavy atom. The molecule has 1 aromatic carbocycles. The number of ketones is 1. The molecule has 0 spiro atoms. The Morgan fingerprint density at radius 1 is 1.39 bits per heavy atom. The van der Waals surface area contributed by atoms with Crippen LogP contribution >= 0.6 is 31.7 Å². The van der Waals surface area contributed by atoms with Gasteiger partial charge in [0.1, 0.15) is 0 Å². The second-order valence-corrected chi connectivity index (χ2v) is 5.45. The van der Waals surface area contributed by atoms with Crippen molar-refractivity contribution in [3.8, 4) is 0 Å². The molecule has 0 saturated carbocycles. The summed E-state index contributed by atoms with van der Waals surface area (Å²) in [6.07, 6.45) is 1.03. The highest BCUT2D eigenvalue weighted by Crippen LogP contribution is 2.10. The average Bonchev–Trinajstić information content (AvgIpc) is 2.31. The maximum Gasteiger partial charge on any atom is 0.495 e. The van der Waals surface area contributed by atoms with Crippen LogP contribution in [-0.4, -0.2) is 30.9 Å². The van der Waals surface area contributed by atoms with Crippen LogP contribution in [0.25, 0.3) is 0 Å². The highest BCUT2D eigenvalue weighted by molar-refractivity contribution is 7.22. The van der Waals surface area contributed by atoms with Crippen LogP contribution in [0, 0.1) is 0 Å². The summed E-state index contributed by atoms with van der Waals surface area (Å²) in [4.78, 5) is 11.5. The number of rotatable bonds is 4. The van der Waals surface area contributed by atoms with Crippen LogP contribution < -0.4 is 0 Å². The third kappa shape index (κ3) is 7.86. The third-order valence-corrected chi connectivity index (χ3v) is 1.93. The highest BCUT2D eigenvalue weighted by Gasteiger charge is 2.04. The van der Waals surface area contributed by atoms with Crippen molar-refractivity contribution in [3.63, 3.8) is 0 Å². The first-order valence-corrected chi connectivity index (χ1v) is 8.77. The normalized spacial score (nSPS) is 10.1. The summed E-state index contributed by atoms with van der Waals surface area (Å²) in [5, 5.41) is 9.69. The van der Waals surface area contributed by atoms with Gasteiger partial charge in [0.25, 0.3) is 5.95 Å². The molecule has 0 fully saturated rings. The Labute approximate surface area is 125 Å². The number of allylic oxidation sites excluding steroid dienone is 1. The van der Waals surface area contributed by atoms with E-state index in [0.29, 0.717) is 17.2 Å². The smallest absolute Gasteiger partial charge is 0.481 e. The predicted octanol–water partition coefficient (Wildman–Crippen LogP) is 3.96. The first-order chi connectivity index (χ1) is 8.54. The SMILES string of the molecule is CCO/C(O)=C/C(=O)c1ccc(Cl)cc1.[Cl][Al][Cl]. The summed E-state index contributed by atoms with van der Waals surface area (Å²) in [6, 6.07) is 6.39. The lowest BCUT2D eigenvalue weighted by Crippen LogP contribution is -1.98. The van der Waals surface area contributed by atoms with Crippen molar-refractivity contribution in [2.45, 2.75) is 6.92 Å². The maximum atomic E-state index is 11.5. The molecule has 1 N–H and O–H groups in total. The number of aliphatic hydroxyl groups is 1. The summed E-state index contributed by atoms with van der Waals surface area (Å²) in [7, 11) is 9.69. The molecule has 0 saturated heterocycles. The van der Waals surface area contributed by atoms with Crippen molar-refractivity contribution in [2.75, 3.05) is 6.61 Å². The molecule has 0 aromatic heterocycles. The van der Waals surface area contributed by atoms with Gasteiger partial charge in [-0.3, -0.25) is 4.79 Å². The Hall–Kier alpha value is -0.368. The van der Waals surface area contributed by atoms with E-state index in [0.717, 1.165) is 6.08 Å². The summed E-state index contributed by atoms with van der Waals surface area (Å²) in [5.74, 6) is -0.699. The van der Waals surface area contributed by atoms with Crippen molar-refractivity contribution in [1.29, 1.82) is 0 Å². The molecule has 18 heavy (non-hydrogen) atoms. The lowest BCUT2D eigenvalue weighted by Gasteiger charge is -2.00. The molecule has 0 atom stereocenters. The van der Waals surface area contributed by atoms with Crippen molar-refractivity contribution in [1.82, 2.24) is 0 Å². The van der Waals surface area contributed by atoms with E-state index in [2.05, 4.69) is 0 Å². The van der Waals surface area contributed by atoms with Crippen LogP contribution in [0.5, 0.6) is 0 Å². The van der Waals surface area contributed by atoms with Gasteiger partial charge in [-0.05, 0) is 31.2 Å². The van der Waals surface area contributed by atoms with Crippen molar-refractivity contribution in [2.24, 2.45) is 0 Å². The molecule has 0 bridgehead atoms. The quantitative estimate of drug-likeness (QED) is 0.395. The van der Waals surface area contributed by atoms with Crippen LogP contribution in [-0.2, 0) is 4.74 Å². The van der Waals surface area contributed by atoms with Gasteiger partial charge in [-0.15, -0.1) is 0 Å².